The van der Waals surface area contributed by atoms with Crippen LogP contribution >= 0.6 is 0 Å². The summed E-state index contributed by atoms with van der Waals surface area (Å²) in [5.74, 6) is -1.21. The molecule has 1 aromatic rings. The predicted octanol–water partition coefficient (Wildman–Crippen LogP) is -0.239. The molecule has 0 bridgehead atoms. The molecule has 0 saturated carbocycles. The monoisotopic (exact) mass is 259 g/mol. The van der Waals surface area contributed by atoms with E-state index in [2.05, 4.69) is 14.7 Å². The molecule has 0 radical (unpaired) electrons. The Labute approximate surface area is 99.0 Å². The summed E-state index contributed by atoms with van der Waals surface area (Å²) in [6, 6.07) is 1.60. The lowest BCUT2D eigenvalue weighted by Crippen LogP contribution is -2.26. The Hall–Kier alpha value is -1.54. The molecule has 0 aliphatic rings. The van der Waals surface area contributed by atoms with Crippen molar-refractivity contribution < 1.29 is 18.3 Å². The largest absolute Gasteiger partial charge is 0.481 e. The minimum absolute atomic E-state index is 0.0813. The Bertz CT molecular complexity index is 460. The lowest BCUT2D eigenvalue weighted by Gasteiger charge is -2.04. The molecule has 0 aliphatic carbocycles. The average molecular weight is 259 g/mol. The van der Waals surface area contributed by atoms with E-state index in [0.717, 1.165) is 0 Å². The van der Waals surface area contributed by atoms with Crippen molar-refractivity contribution in [3.63, 3.8) is 0 Å². The van der Waals surface area contributed by atoms with Gasteiger partial charge in [0.05, 0.1) is 18.0 Å². The summed E-state index contributed by atoms with van der Waals surface area (Å²) >= 11 is 0. The Morgan fingerprint density at radius 3 is 2.82 bits per heavy atom. The van der Waals surface area contributed by atoms with Crippen molar-refractivity contribution in [2.45, 2.75) is 19.4 Å². The molecule has 0 aliphatic heterocycles. The third-order valence-corrected chi connectivity index (χ3v) is 3.33. The van der Waals surface area contributed by atoms with E-state index in [-0.39, 0.29) is 25.1 Å². The maximum absolute atomic E-state index is 11.4. The first-order valence-electron chi connectivity index (χ1n) is 4.93. The second-order valence-electron chi connectivity index (χ2n) is 3.34. The lowest BCUT2D eigenvalue weighted by atomic mass is 10.3. The fourth-order valence-electron chi connectivity index (χ4n) is 1.09. The van der Waals surface area contributed by atoms with Crippen molar-refractivity contribution in [1.82, 2.24) is 14.7 Å². The number of sulfonamides is 1. The number of hydrogen-bond acceptors (Lipinski definition) is 5. The van der Waals surface area contributed by atoms with Gasteiger partial charge in [0.1, 0.15) is 6.33 Å². The van der Waals surface area contributed by atoms with E-state index < -0.39 is 16.0 Å². The summed E-state index contributed by atoms with van der Waals surface area (Å²) in [6.45, 7) is 0.0813. The molecule has 0 atom stereocenters. The number of carboxylic acid groups (broad SMARTS) is 1. The molecule has 0 saturated heterocycles. The van der Waals surface area contributed by atoms with Crippen LogP contribution in [0.1, 0.15) is 18.5 Å². The van der Waals surface area contributed by atoms with Gasteiger partial charge in [-0.1, -0.05) is 0 Å². The second kappa shape index (κ2) is 6.26. The molecular weight excluding hydrogens is 246 g/mol. The number of carbonyl (C=O) groups is 1. The highest BCUT2D eigenvalue weighted by Crippen LogP contribution is 1.97. The van der Waals surface area contributed by atoms with E-state index in [1.807, 2.05) is 0 Å². The van der Waals surface area contributed by atoms with E-state index in [0.29, 0.717) is 5.69 Å². The first kappa shape index (κ1) is 13.5. The van der Waals surface area contributed by atoms with Crippen LogP contribution in [0.15, 0.2) is 18.6 Å². The quantitative estimate of drug-likeness (QED) is 0.699. The van der Waals surface area contributed by atoms with Gasteiger partial charge in [-0.25, -0.2) is 23.1 Å². The molecule has 0 aromatic carbocycles. The van der Waals surface area contributed by atoms with E-state index in [9.17, 15) is 13.2 Å². The van der Waals surface area contributed by atoms with Crippen LogP contribution in [0, 0.1) is 0 Å². The fraction of sp³-hybridized carbons (Fsp3) is 0.444. The van der Waals surface area contributed by atoms with Crippen LogP contribution in [0.2, 0.25) is 0 Å². The van der Waals surface area contributed by atoms with Gasteiger partial charge in [0.25, 0.3) is 0 Å². The Morgan fingerprint density at radius 2 is 2.24 bits per heavy atom. The molecule has 0 fully saturated rings. The standard InChI is InChI=1S/C9H13N3O4S/c13-9(14)2-1-5-17(15,16)12-6-8-3-4-10-7-11-8/h3-4,7,12H,1-2,5-6H2,(H,13,14). The van der Waals surface area contributed by atoms with Gasteiger partial charge in [-0.15, -0.1) is 0 Å². The van der Waals surface area contributed by atoms with Crippen LogP contribution in [-0.4, -0.2) is 35.2 Å². The highest BCUT2D eigenvalue weighted by atomic mass is 32.2. The number of aliphatic carboxylic acids is 1. The van der Waals surface area contributed by atoms with Crippen LogP contribution < -0.4 is 4.72 Å². The maximum Gasteiger partial charge on any atom is 0.303 e. The summed E-state index contributed by atoms with van der Waals surface area (Å²) in [6.07, 6.45) is 2.78. The number of aromatic nitrogens is 2. The molecule has 17 heavy (non-hydrogen) atoms. The van der Waals surface area contributed by atoms with Gasteiger partial charge >= 0.3 is 5.97 Å². The van der Waals surface area contributed by atoms with Crippen LogP contribution in [-0.2, 0) is 21.4 Å². The number of carboxylic acids is 1. The highest BCUT2D eigenvalue weighted by Gasteiger charge is 2.11. The zero-order valence-corrected chi connectivity index (χ0v) is 9.85. The van der Waals surface area contributed by atoms with Crippen molar-refractivity contribution in [2.24, 2.45) is 0 Å². The zero-order valence-electron chi connectivity index (χ0n) is 9.04. The van der Waals surface area contributed by atoms with E-state index in [1.165, 1.54) is 12.5 Å². The van der Waals surface area contributed by atoms with E-state index in [1.54, 1.807) is 6.07 Å². The van der Waals surface area contributed by atoms with Crippen molar-refractivity contribution in [1.29, 1.82) is 0 Å². The van der Waals surface area contributed by atoms with Gasteiger partial charge in [-0.3, -0.25) is 4.79 Å². The van der Waals surface area contributed by atoms with Crippen molar-refractivity contribution in [2.75, 3.05) is 5.75 Å². The SMILES string of the molecule is O=C(O)CCCS(=O)(=O)NCc1ccncn1. The molecule has 0 spiro atoms. The summed E-state index contributed by atoms with van der Waals surface area (Å²) in [5, 5.41) is 8.39. The molecule has 1 heterocycles. The van der Waals surface area contributed by atoms with Crippen molar-refractivity contribution >= 4 is 16.0 Å². The number of rotatable bonds is 7. The second-order valence-corrected chi connectivity index (χ2v) is 5.26. The van der Waals surface area contributed by atoms with Gasteiger partial charge in [0.2, 0.25) is 10.0 Å². The molecule has 7 nitrogen and oxygen atoms in total. The average Bonchev–Trinajstić information content (AvgIpc) is 2.27. The van der Waals surface area contributed by atoms with Crippen molar-refractivity contribution in [3.05, 3.63) is 24.3 Å². The molecular formula is C9H13N3O4S. The summed E-state index contributed by atoms with van der Waals surface area (Å²) < 4.78 is 25.2. The molecule has 0 unspecified atom stereocenters. The number of nitrogens with one attached hydrogen (secondary N) is 1. The summed E-state index contributed by atoms with van der Waals surface area (Å²) in [4.78, 5) is 17.8. The first-order valence-corrected chi connectivity index (χ1v) is 6.59. The summed E-state index contributed by atoms with van der Waals surface area (Å²) in [7, 11) is -3.45. The minimum Gasteiger partial charge on any atom is -0.481 e. The van der Waals surface area contributed by atoms with Crippen LogP contribution in [0.3, 0.4) is 0 Å². The molecule has 94 valence electrons. The third-order valence-electron chi connectivity index (χ3n) is 1.92. The van der Waals surface area contributed by atoms with Gasteiger partial charge in [-0.05, 0) is 12.5 Å². The van der Waals surface area contributed by atoms with Gasteiger partial charge in [-0.2, -0.15) is 0 Å². The normalized spacial score (nSPS) is 11.3. The highest BCUT2D eigenvalue weighted by molar-refractivity contribution is 7.89. The molecule has 1 aromatic heterocycles. The molecule has 8 heteroatoms. The molecule has 2 N–H and O–H groups in total. The minimum atomic E-state index is -3.45. The molecule has 0 amide bonds. The van der Waals surface area contributed by atoms with Crippen LogP contribution in [0.4, 0.5) is 0 Å². The first-order chi connectivity index (χ1) is 7.99. The Morgan fingerprint density at radius 1 is 1.47 bits per heavy atom. The Balaban J connectivity index is 2.37. The predicted molar refractivity (Wildman–Crippen MR) is 59.5 cm³/mol. The fourth-order valence-corrected chi connectivity index (χ4v) is 2.13. The van der Waals surface area contributed by atoms with Gasteiger partial charge in [0, 0.05) is 12.6 Å². The van der Waals surface area contributed by atoms with Crippen LogP contribution in [0.5, 0.6) is 0 Å². The maximum atomic E-state index is 11.4. The summed E-state index contributed by atoms with van der Waals surface area (Å²) in [5.41, 5.74) is 0.557. The zero-order chi connectivity index (χ0) is 12.7. The van der Waals surface area contributed by atoms with E-state index >= 15 is 0 Å². The lowest BCUT2D eigenvalue weighted by molar-refractivity contribution is -0.137. The van der Waals surface area contributed by atoms with Crippen LogP contribution in [0.25, 0.3) is 0 Å². The van der Waals surface area contributed by atoms with Crippen molar-refractivity contribution in [3.8, 4) is 0 Å². The van der Waals surface area contributed by atoms with Gasteiger partial charge in [0.15, 0.2) is 0 Å². The van der Waals surface area contributed by atoms with Gasteiger partial charge < -0.3 is 5.11 Å². The number of hydrogen-bond donors (Lipinski definition) is 2. The Kier molecular flexibility index (Phi) is 4.98. The molecule has 1 rings (SSSR count). The smallest absolute Gasteiger partial charge is 0.303 e. The number of nitrogens with zero attached hydrogens (tertiary/aromatic N) is 2. The van der Waals surface area contributed by atoms with E-state index in [4.69, 9.17) is 5.11 Å². The topological polar surface area (TPSA) is 109 Å². The third kappa shape index (κ3) is 5.93.